The van der Waals surface area contributed by atoms with Crippen molar-refractivity contribution in [1.82, 2.24) is 0 Å². The van der Waals surface area contributed by atoms with Crippen molar-refractivity contribution >= 4 is 21.4 Å². The third-order valence-corrected chi connectivity index (χ3v) is 3.33. The van der Waals surface area contributed by atoms with E-state index in [1.807, 2.05) is 6.07 Å². The lowest BCUT2D eigenvalue weighted by molar-refractivity contribution is 0.318. The fraction of sp³-hybridized carbons (Fsp3) is 0.364. The minimum absolute atomic E-state index is 0.0943. The molecule has 0 spiro atoms. The Labute approximate surface area is 106 Å². The zero-order valence-electron chi connectivity index (χ0n) is 9.31. The van der Waals surface area contributed by atoms with E-state index in [1.54, 1.807) is 18.2 Å². The summed E-state index contributed by atoms with van der Waals surface area (Å²) in [6.45, 7) is 0.301. The number of nitrogens with zero attached hydrogens (tertiary/aromatic N) is 1. The Hall–Kier alpha value is -1.25. The second-order valence-corrected chi connectivity index (χ2v) is 6.25. The molecule has 0 unspecified atom stereocenters. The Morgan fingerprint density at radius 3 is 2.71 bits per heavy atom. The van der Waals surface area contributed by atoms with Gasteiger partial charge in [-0.05, 0) is 18.6 Å². The molecule has 92 valence electrons. The Bertz CT molecular complexity index is 534. The normalized spacial score (nSPS) is 10.9. The Kier molecular flexibility index (Phi) is 4.79. The maximum absolute atomic E-state index is 10.9. The zero-order chi connectivity index (χ0) is 12.9. The first-order valence-electron chi connectivity index (χ1n) is 4.92. The minimum atomic E-state index is -2.95. The molecule has 0 radical (unpaired) electrons. The Morgan fingerprint density at radius 2 is 2.18 bits per heavy atom. The number of rotatable bonds is 5. The van der Waals surface area contributed by atoms with Crippen LogP contribution in [0.25, 0.3) is 0 Å². The standard InChI is InChI=1S/C11H12ClNO3S/c1-17(14,15)6-2-5-16-10-4-3-9(8-13)11(12)7-10/h3-4,7H,2,5-6H2,1H3. The molecule has 6 heteroatoms. The van der Waals surface area contributed by atoms with E-state index in [9.17, 15) is 8.42 Å². The molecular formula is C11H12ClNO3S. The molecule has 0 aliphatic carbocycles. The van der Waals surface area contributed by atoms with Gasteiger partial charge in [0.2, 0.25) is 0 Å². The summed E-state index contributed by atoms with van der Waals surface area (Å²) >= 11 is 5.82. The topological polar surface area (TPSA) is 67.2 Å². The number of hydrogen-bond acceptors (Lipinski definition) is 4. The van der Waals surface area contributed by atoms with Crippen LogP contribution in [-0.4, -0.2) is 27.0 Å². The van der Waals surface area contributed by atoms with Crippen LogP contribution in [0, 0.1) is 11.3 Å². The summed E-state index contributed by atoms with van der Waals surface area (Å²) < 4.78 is 27.1. The summed E-state index contributed by atoms with van der Waals surface area (Å²) in [5.41, 5.74) is 0.384. The van der Waals surface area contributed by atoms with Gasteiger partial charge in [-0.1, -0.05) is 11.6 Å². The number of sulfone groups is 1. The fourth-order valence-corrected chi connectivity index (χ4v) is 2.04. The minimum Gasteiger partial charge on any atom is -0.494 e. The van der Waals surface area contributed by atoms with Gasteiger partial charge in [0.1, 0.15) is 21.7 Å². The second-order valence-electron chi connectivity index (χ2n) is 3.59. The second kappa shape index (κ2) is 5.89. The summed E-state index contributed by atoms with van der Waals surface area (Å²) in [6.07, 6.45) is 1.61. The van der Waals surface area contributed by atoms with Crippen molar-refractivity contribution in [1.29, 1.82) is 5.26 Å². The highest BCUT2D eigenvalue weighted by atomic mass is 35.5. The molecule has 0 aliphatic rings. The van der Waals surface area contributed by atoms with Crippen LogP contribution in [0.3, 0.4) is 0 Å². The predicted octanol–water partition coefficient (Wildman–Crippen LogP) is 2.03. The van der Waals surface area contributed by atoms with Crippen LogP contribution in [0.5, 0.6) is 5.75 Å². The highest BCUT2D eigenvalue weighted by molar-refractivity contribution is 7.90. The van der Waals surface area contributed by atoms with Crippen molar-refractivity contribution in [2.75, 3.05) is 18.6 Å². The quantitative estimate of drug-likeness (QED) is 0.770. The van der Waals surface area contributed by atoms with E-state index >= 15 is 0 Å². The molecule has 0 atom stereocenters. The van der Waals surface area contributed by atoms with Crippen LogP contribution in [0.1, 0.15) is 12.0 Å². The Morgan fingerprint density at radius 1 is 1.47 bits per heavy atom. The third kappa shape index (κ3) is 5.07. The molecule has 1 rings (SSSR count). The van der Waals surface area contributed by atoms with Gasteiger partial charge in [0, 0.05) is 12.3 Å². The van der Waals surface area contributed by atoms with Gasteiger partial charge in [-0.15, -0.1) is 0 Å². The summed E-state index contributed by atoms with van der Waals surface area (Å²) in [4.78, 5) is 0. The SMILES string of the molecule is CS(=O)(=O)CCCOc1ccc(C#N)c(Cl)c1. The average Bonchev–Trinajstić information content (AvgIpc) is 2.23. The van der Waals surface area contributed by atoms with E-state index in [0.29, 0.717) is 29.4 Å². The summed E-state index contributed by atoms with van der Waals surface area (Å²) in [7, 11) is -2.95. The molecule has 1 aromatic carbocycles. The highest BCUT2D eigenvalue weighted by Crippen LogP contribution is 2.21. The van der Waals surface area contributed by atoms with E-state index in [-0.39, 0.29) is 5.75 Å². The first kappa shape index (κ1) is 13.8. The number of hydrogen-bond donors (Lipinski definition) is 0. The van der Waals surface area contributed by atoms with Crippen LogP contribution in [0.4, 0.5) is 0 Å². The predicted molar refractivity (Wildman–Crippen MR) is 66.0 cm³/mol. The first-order chi connectivity index (χ1) is 7.92. The smallest absolute Gasteiger partial charge is 0.147 e. The van der Waals surface area contributed by atoms with Gasteiger partial charge in [0.25, 0.3) is 0 Å². The van der Waals surface area contributed by atoms with Crippen molar-refractivity contribution < 1.29 is 13.2 Å². The molecule has 0 saturated heterocycles. The van der Waals surface area contributed by atoms with Gasteiger partial charge in [0.05, 0.1) is 22.9 Å². The van der Waals surface area contributed by atoms with Crippen LogP contribution in [0.15, 0.2) is 18.2 Å². The fourth-order valence-electron chi connectivity index (χ4n) is 1.19. The maximum Gasteiger partial charge on any atom is 0.147 e. The van der Waals surface area contributed by atoms with Gasteiger partial charge in [0.15, 0.2) is 0 Å². The molecule has 4 nitrogen and oxygen atoms in total. The molecule has 0 amide bonds. The molecule has 0 saturated carbocycles. The van der Waals surface area contributed by atoms with Crippen molar-refractivity contribution in [3.8, 4) is 11.8 Å². The largest absolute Gasteiger partial charge is 0.494 e. The maximum atomic E-state index is 10.9. The first-order valence-corrected chi connectivity index (χ1v) is 7.36. The zero-order valence-corrected chi connectivity index (χ0v) is 10.9. The third-order valence-electron chi connectivity index (χ3n) is 1.99. The Balaban J connectivity index is 2.48. The molecule has 0 heterocycles. The summed E-state index contributed by atoms with van der Waals surface area (Å²) in [5.74, 6) is 0.624. The molecule has 17 heavy (non-hydrogen) atoms. The number of nitriles is 1. The molecule has 0 N–H and O–H groups in total. The van der Waals surface area contributed by atoms with Crippen LogP contribution < -0.4 is 4.74 Å². The van der Waals surface area contributed by atoms with Crippen molar-refractivity contribution in [3.63, 3.8) is 0 Å². The van der Waals surface area contributed by atoms with E-state index in [4.69, 9.17) is 21.6 Å². The van der Waals surface area contributed by atoms with Gasteiger partial charge < -0.3 is 4.74 Å². The van der Waals surface area contributed by atoms with Crippen molar-refractivity contribution in [2.45, 2.75) is 6.42 Å². The summed E-state index contributed by atoms with van der Waals surface area (Å²) in [6, 6.07) is 6.68. The summed E-state index contributed by atoms with van der Waals surface area (Å²) in [5, 5.41) is 9.00. The van der Waals surface area contributed by atoms with Gasteiger partial charge in [-0.2, -0.15) is 5.26 Å². The lowest BCUT2D eigenvalue weighted by Crippen LogP contribution is -2.07. The molecule has 0 aromatic heterocycles. The molecular weight excluding hydrogens is 262 g/mol. The van der Waals surface area contributed by atoms with Crippen LogP contribution in [-0.2, 0) is 9.84 Å². The van der Waals surface area contributed by atoms with Gasteiger partial charge >= 0.3 is 0 Å². The highest BCUT2D eigenvalue weighted by Gasteiger charge is 2.04. The molecule has 0 aliphatic heterocycles. The number of benzene rings is 1. The van der Waals surface area contributed by atoms with E-state index in [2.05, 4.69) is 0 Å². The lowest BCUT2D eigenvalue weighted by Gasteiger charge is -2.06. The molecule has 0 fully saturated rings. The number of ether oxygens (including phenoxy) is 1. The molecule has 0 bridgehead atoms. The van der Waals surface area contributed by atoms with Crippen molar-refractivity contribution in [2.24, 2.45) is 0 Å². The van der Waals surface area contributed by atoms with Crippen LogP contribution in [0.2, 0.25) is 5.02 Å². The average molecular weight is 274 g/mol. The molecule has 1 aromatic rings. The van der Waals surface area contributed by atoms with Crippen molar-refractivity contribution in [3.05, 3.63) is 28.8 Å². The van der Waals surface area contributed by atoms with E-state index < -0.39 is 9.84 Å². The monoisotopic (exact) mass is 273 g/mol. The number of halogens is 1. The lowest BCUT2D eigenvalue weighted by atomic mass is 10.2. The van der Waals surface area contributed by atoms with Gasteiger partial charge in [-0.25, -0.2) is 8.42 Å². The van der Waals surface area contributed by atoms with E-state index in [1.165, 1.54) is 6.26 Å². The van der Waals surface area contributed by atoms with Gasteiger partial charge in [-0.3, -0.25) is 0 Å². The van der Waals surface area contributed by atoms with E-state index in [0.717, 1.165) is 0 Å². The van der Waals surface area contributed by atoms with Crippen LogP contribution >= 0.6 is 11.6 Å².